The molecule has 9 nitrogen and oxygen atoms in total. The molecule has 148 valence electrons. The lowest BCUT2D eigenvalue weighted by Crippen LogP contribution is -2.15. The van der Waals surface area contributed by atoms with Crippen LogP contribution in [0.3, 0.4) is 0 Å². The summed E-state index contributed by atoms with van der Waals surface area (Å²) in [7, 11) is 0. The first kappa shape index (κ1) is 20.5. The molecule has 1 amide bonds. The maximum atomic E-state index is 12.3. The molecule has 0 aliphatic rings. The third kappa shape index (κ3) is 4.98. The van der Waals surface area contributed by atoms with E-state index in [-0.39, 0.29) is 28.1 Å². The number of anilines is 1. The minimum absolute atomic E-state index is 0.0185. The van der Waals surface area contributed by atoms with Crippen molar-refractivity contribution in [1.82, 2.24) is 19.7 Å². The van der Waals surface area contributed by atoms with E-state index in [4.69, 9.17) is 11.6 Å². The number of nitro groups is 1. The topological polar surface area (TPSA) is 116 Å². The van der Waals surface area contributed by atoms with Gasteiger partial charge in [-0.2, -0.15) is 0 Å². The molecule has 0 radical (unpaired) electrons. The van der Waals surface area contributed by atoms with Gasteiger partial charge >= 0.3 is 0 Å². The molecule has 0 bridgehead atoms. The van der Waals surface area contributed by atoms with Gasteiger partial charge in [0.1, 0.15) is 0 Å². The van der Waals surface area contributed by atoms with E-state index in [2.05, 4.69) is 27.1 Å². The molecule has 0 spiro atoms. The second kappa shape index (κ2) is 9.30. The summed E-state index contributed by atoms with van der Waals surface area (Å²) in [4.78, 5) is 26.6. The second-order valence-electron chi connectivity index (χ2n) is 5.70. The summed E-state index contributed by atoms with van der Waals surface area (Å²) in [6.45, 7) is 4.21. The average molecular weight is 431 g/mol. The highest BCUT2D eigenvalue weighted by Crippen LogP contribution is 2.28. The molecule has 3 rings (SSSR count). The Kier molecular flexibility index (Phi) is 6.57. The number of rotatable bonds is 8. The second-order valence-corrected chi connectivity index (χ2v) is 7.05. The van der Waals surface area contributed by atoms with Crippen LogP contribution in [0.1, 0.15) is 0 Å². The van der Waals surface area contributed by atoms with E-state index in [1.807, 2.05) is 16.7 Å². The number of pyridine rings is 1. The van der Waals surface area contributed by atoms with Gasteiger partial charge < -0.3 is 5.32 Å². The van der Waals surface area contributed by atoms with Crippen molar-refractivity contribution in [2.45, 2.75) is 11.7 Å². The lowest BCUT2D eigenvalue weighted by Gasteiger charge is -2.09. The highest BCUT2D eigenvalue weighted by Gasteiger charge is 2.16. The Bertz CT molecular complexity index is 1060. The van der Waals surface area contributed by atoms with Gasteiger partial charge in [0.25, 0.3) is 5.69 Å². The number of thioether (sulfide) groups is 1. The zero-order chi connectivity index (χ0) is 20.8. The van der Waals surface area contributed by atoms with E-state index >= 15 is 0 Å². The van der Waals surface area contributed by atoms with Gasteiger partial charge in [0.15, 0.2) is 11.0 Å². The number of carbonyl (C=O) groups is 1. The van der Waals surface area contributed by atoms with E-state index < -0.39 is 4.92 Å². The van der Waals surface area contributed by atoms with Crippen molar-refractivity contribution in [1.29, 1.82) is 0 Å². The first-order chi connectivity index (χ1) is 14.0. The number of benzene rings is 1. The summed E-state index contributed by atoms with van der Waals surface area (Å²) in [5, 5.41) is 22.6. The normalized spacial score (nSPS) is 10.5. The lowest BCUT2D eigenvalue weighted by atomic mass is 10.2. The number of nitro benzene ring substituents is 1. The molecule has 3 aromatic rings. The number of nitrogens with zero attached hydrogens (tertiary/aromatic N) is 5. The quantitative estimate of drug-likeness (QED) is 0.250. The van der Waals surface area contributed by atoms with E-state index in [0.717, 1.165) is 5.56 Å². The summed E-state index contributed by atoms with van der Waals surface area (Å²) in [6.07, 6.45) is 5.03. The maximum Gasteiger partial charge on any atom is 0.271 e. The summed E-state index contributed by atoms with van der Waals surface area (Å²) in [5.74, 6) is 0.276. The molecule has 0 unspecified atom stereocenters. The van der Waals surface area contributed by atoms with Crippen molar-refractivity contribution >= 4 is 40.6 Å². The van der Waals surface area contributed by atoms with Gasteiger partial charge in [-0.25, -0.2) is 0 Å². The first-order valence-corrected chi connectivity index (χ1v) is 9.67. The van der Waals surface area contributed by atoms with E-state index in [1.165, 1.54) is 30.0 Å². The zero-order valence-electron chi connectivity index (χ0n) is 15.0. The number of aromatic nitrogens is 4. The van der Waals surface area contributed by atoms with Crippen LogP contribution in [0.25, 0.3) is 11.4 Å². The summed E-state index contributed by atoms with van der Waals surface area (Å²) in [5.41, 5.74) is 0.857. The fourth-order valence-electron chi connectivity index (χ4n) is 2.44. The largest absolute Gasteiger partial charge is 0.324 e. The van der Waals surface area contributed by atoms with Crippen LogP contribution in [0, 0.1) is 10.1 Å². The van der Waals surface area contributed by atoms with Gasteiger partial charge in [0, 0.05) is 36.6 Å². The molecule has 11 heteroatoms. The van der Waals surface area contributed by atoms with Crippen molar-refractivity contribution in [3.63, 3.8) is 0 Å². The SMILES string of the molecule is C=CCn1c(SCC(=O)Nc2cc([N+](=O)[O-])ccc2Cl)nnc1-c1ccncc1. The number of hydrogen-bond donors (Lipinski definition) is 1. The van der Waals surface area contributed by atoms with E-state index in [9.17, 15) is 14.9 Å². The highest BCUT2D eigenvalue weighted by molar-refractivity contribution is 7.99. The molecule has 0 saturated heterocycles. The third-order valence-electron chi connectivity index (χ3n) is 3.73. The van der Waals surface area contributed by atoms with Crippen molar-refractivity contribution < 1.29 is 9.72 Å². The van der Waals surface area contributed by atoms with Crippen LogP contribution in [0.15, 0.2) is 60.5 Å². The van der Waals surface area contributed by atoms with Crippen LogP contribution in [0.5, 0.6) is 0 Å². The first-order valence-electron chi connectivity index (χ1n) is 8.30. The molecule has 2 aromatic heterocycles. The van der Waals surface area contributed by atoms with Crippen molar-refractivity contribution in [3.8, 4) is 11.4 Å². The number of nitrogens with one attached hydrogen (secondary N) is 1. The predicted molar refractivity (Wildman–Crippen MR) is 111 cm³/mol. The van der Waals surface area contributed by atoms with Crippen molar-refractivity contribution in [2.75, 3.05) is 11.1 Å². The number of carbonyl (C=O) groups excluding carboxylic acids is 1. The third-order valence-corrected chi connectivity index (χ3v) is 5.03. The molecular formula is C18H15ClN6O3S. The summed E-state index contributed by atoms with van der Waals surface area (Å²) < 4.78 is 1.83. The zero-order valence-corrected chi connectivity index (χ0v) is 16.6. The molecular weight excluding hydrogens is 416 g/mol. The standard InChI is InChI=1S/C18H15ClN6O3S/c1-2-9-24-17(12-5-7-20-8-6-12)22-23-18(24)29-11-16(26)21-15-10-13(25(27)28)3-4-14(15)19/h2-8,10H,1,9,11H2,(H,21,26). The Morgan fingerprint density at radius 1 is 1.31 bits per heavy atom. The molecule has 2 heterocycles. The number of halogens is 1. The highest BCUT2D eigenvalue weighted by atomic mass is 35.5. The van der Waals surface area contributed by atoms with Crippen LogP contribution < -0.4 is 5.32 Å². The van der Waals surface area contributed by atoms with E-state index in [1.54, 1.807) is 18.5 Å². The van der Waals surface area contributed by atoms with Gasteiger partial charge in [-0.05, 0) is 18.2 Å². The van der Waals surface area contributed by atoms with Crippen molar-refractivity contribution in [2.24, 2.45) is 0 Å². The number of amides is 1. The average Bonchev–Trinajstić information content (AvgIpc) is 3.11. The maximum absolute atomic E-state index is 12.3. The minimum Gasteiger partial charge on any atom is -0.324 e. The number of non-ortho nitro benzene ring substituents is 1. The molecule has 0 atom stereocenters. The van der Waals surface area contributed by atoms with Crippen LogP contribution in [0.2, 0.25) is 5.02 Å². The Morgan fingerprint density at radius 2 is 2.07 bits per heavy atom. The molecule has 0 aliphatic carbocycles. The van der Waals surface area contributed by atoms with Crippen LogP contribution in [-0.2, 0) is 11.3 Å². The van der Waals surface area contributed by atoms with Gasteiger partial charge in [0.2, 0.25) is 5.91 Å². The molecule has 0 fully saturated rings. The van der Waals surface area contributed by atoms with Crippen LogP contribution in [-0.4, -0.2) is 36.3 Å². The molecule has 29 heavy (non-hydrogen) atoms. The number of allylic oxidation sites excluding steroid dienone is 1. The minimum atomic E-state index is -0.556. The Labute approximate surface area is 175 Å². The van der Waals surface area contributed by atoms with Crippen LogP contribution in [0.4, 0.5) is 11.4 Å². The summed E-state index contributed by atoms with van der Waals surface area (Å²) in [6, 6.07) is 7.48. The predicted octanol–water partition coefficient (Wildman–Crippen LogP) is 3.82. The molecule has 1 N–H and O–H groups in total. The monoisotopic (exact) mass is 430 g/mol. The molecule has 0 saturated carbocycles. The fourth-order valence-corrected chi connectivity index (χ4v) is 3.36. The fraction of sp³-hybridized carbons (Fsp3) is 0.111. The van der Waals surface area contributed by atoms with Gasteiger partial charge in [-0.1, -0.05) is 29.4 Å². The van der Waals surface area contributed by atoms with Gasteiger partial charge in [0.05, 0.1) is 21.4 Å². The Balaban J connectivity index is 1.72. The van der Waals surface area contributed by atoms with Gasteiger partial charge in [-0.3, -0.25) is 24.5 Å². The summed E-state index contributed by atoms with van der Waals surface area (Å²) >= 11 is 7.20. The molecule has 0 aliphatic heterocycles. The van der Waals surface area contributed by atoms with Crippen molar-refractivity contribution in [3.05, 3.63) is 70.5 Å². The molecule has 1 aromatic carbocycles. The Hall–Kier alpha value is -3.24. The van der Waals surface area contributed by atoms with E-state index in [0.29, 0.717) is 17.5 Å². The number of hydrogen-bond acceptors (Lipinski definition) is 7. The van der Waals surface area contributed by atoms with Crippen LogP contribution >= 0.6 is 23.4 Å². The Morgan fingerprint density at radius 3 is 2.76 bits per heavy atom. The van der Waals surface area contributed by atoms with Gasteiger partial charge in [-0.15, -0.1) is 16.8 Å². The smallest absolute Gasteiger partial charge is 0.271 e. The lowest BCUT2D eigenvalue weighted by molar-refractivity contribution is -0.384.